The van der Waals surface area contributed by atoms with E-state index >= 15 is 0 Å². The zero-order chi connectivity index (χ0) is 15.2. The number of carboxylic acid groups (broad SMARTS) is 1. The van der Waals surface area contributed by atoms with Gasteiger partial charge in [-0.05, 0) is 57.6 Å². The molecule has 0 aliphatic heterocycles. The first-order valence-electron chi connectivity index (χ1n) is 7.91. The highest BCUT2D eigenvalue weighted by molar-refractivity contribution is 7.99. The molecule has 21 heavy (non-hydrogen) atoms. The summed E-state index contributed by atoms with van der Waals surface area (Å²) in [4.78, 5) is 22.9. The summed E-state index contributed by atoms with van der Waals surface area (Å²) in [5.41, 5.74) is 0. The van der Waals surface area contributed by atoms with Crippen LogP contribution < -0.4 is 10.6 Å². The second-order valence-corrected chi connectivity index (χ2v) is 7.35. The smallest absolute Gasteiger partial charge is 0.315 e. The van der Waals surface area contributed by atoms with Gasteiger partial charge in [-0.1, -0.05) is 0 Å². The summed E-state index contributed by atoms with van der Waals surface area (Å²) in [6.07, 6.45) is 9.49. The molecule has 0 atom stereocenters. The molecule has 2 fully saturated rings. The quantitative estimate of drug-likeness (QED) is 0.745. The molecule has 0 aromatic rings. The van der Waals surface area contributed by atoms with Crippen LogP contribution in [0.1, 0.15) is 51.4 Å². The molecular formula is C15H26N2O3S. The number of aliphatic carboxylic acids is 1. The minimum Gasteiger partial charge on any atom is -0.481 e. The highest BCUT2D eigenvalue weighted by Crippen LogP contribution is 2.27. The van der Waals surface area contributed by atoms with Gasteiger partial charge in [-0.15, -0.1) is 0 Å². The van der Waals surface area contributed by atoms with Crippen molar-refractivity contribution in [3.8, 4) is 0 Å². The molecule has 0 radical (unpaired) electrons. The lowest BCUT2D eigenvalue weighted by Crippen LogP contribution is -2.48. The van der Waals surface area contributed by atoms with Crippen molar-refractivity contribution in [1.82, 2.24) is 10.6 Å². The summed E-state index contributed by atoms with van der Waals surface area (Å²) < 4.78 is 0. The van der Waals surface area contributed by atoms with Crippen LogP contribution in [0.2, 0.25) is 0 Å². The summed E-state index contributed by atoms with van der Waals surface area (Å²) in [7, 11) is 0. The van der Waals surface area contributed by atoms with E-state index in [2.05, 4.69) is 16.9 Å². The van der Waals surface area contributed by atoms with E-state index in [9.17, 15) is 9.59 Å². The Kier molecular flexibility index (Phi) is 6.21. The fourth-order valence-electron chi connectivity index (χ4n) is 3.34. The van der Waals surface area contributed by atoms with Crippen LogP contribution >= 0.6 is 11.8 Å². The lowest BCUT2D eigenvalue weighted by atomic mass is 9.86. The third kappa shape index (κ3) is 5.09. The van der Waals surface area contributed by atoms with Gasteiger partial charge in [-0.25, -0.2) is 4.79 Å². The van der Waals surface area contributed by atoms with Gasteiger partial charge in [-0.3, -0.25) is 4.79 Å². The first-order chi connectivity index (χ1) is 10.1. The summed E-state index contributed by atoms with van der Waals surface area (Å²) in [6, 6.07) is 0.341. The number of rotatable bonds is 4. The molecule has 0 heterocycles. The number of thioether (sulfide) groups is 1. The number of nitrogens with one attached hydrogen (secondary N) is 2. The predicted octanol–water partition coefficient (Wildman–Crippen LogP) is 2.60. The molecule has 2 amide bonds. The van der Waals surface area contributed by atoms with E-state index in [1.807, 2.05) is 11.8 Å². The molecule has 6 heteroatoms. The van der Waals surface area contributed by atoms with E-state index in [-0.39, 0.29) is 18.0 Å². The minimum atomic E-state index is -0.705. The number of hydrogen-bond acceptors (Lipinski definition) is 3. The van der Waals surface area contributed by atoms with Crippen molar-refractivity contribution in [3.63, 3.8) is 0 Å². The van der Waals surface area contributed by atoms with Gasteiger partial charge in [-0.2, -0.15) is 11.8 Å². The standard InChI is InChI=1S/C15H26N2O3S/c1-21-13-8-6-12(7-9-13)17-15(20)16-11-4-2-10(3-5-11)14(18)19/h10-13H,2-9H2,1H3,(H,18,19)(H2,16,17,20). The molecule has 0 unspecified atom stereocenters. The zero-order valence-corrected chi connectivity index (χ0v) is 13.5. The predicted molar refractivity (Wildman–Crippen MR) is 84.6 cm³/mol. The first kappa shape index (κ1) is 16.5. The average molecular weight is 314 g/mol. The molecule has 0 saturated heterocycles. The fourth-order valence-corrected chi connectivity index (χ4v) is 4.08. The van der Waals surface area contributed by atoms with Crippen LogP contribution in [0.4, 0.5) is 4.79 Å². The highest BCUT2D eigenvalue weighted by Gasteiger charge is 2.27. The Morgan fingerprint density at radius 3 is 1.81 bits per heavy atom. The van der Waals surface area contributed by atoms with Crippen LogP contribution in [0.3, 0.4) is 0 Å². The topological polar surface area (TPSA) is 78.4 Å². The summed E-state index contributed by atoms with van der Waals surface area (Å²) in [5, 5.41) is 15.8. The Balaban J connectivity index is 1.65. The van der Waals surface area contributed by atoms with E-state index in [0.29, 0.717) is 18.9 Å². The van der Waals surface area contributed by atoms with Crippen molar-refractivity contribution < 1.29 is 14.7 Å². The van der Waals surface area contributed by atoms with Gasteiger partial charge in [0.05, 0.1) is 5.92 Å². The van der Waals surface area contributed by atoms with Crippen LogP contribution in [0.25, 0.3) is 0 Å². The van der Waals surface area contributed by atoms with E-state index in [1.54, 1.807) is 0 Å². The maximum Gasteiger partial charge on any atom is 0.315 e. The normalized spacial score (nSPS) is 33.2. The molecule has 2 rings (SSSR count). The van der Waals surface area contributed by atoms with Gasteiger partial charge in [0.15, 0.2) is 0 Å². The van der Waals surface area contributed by atoms with Gasteiger partial charge in [0.2, 0.25) is 0 Å². The molecule has 2 aliphatic carbocycles. The first-order valence-corrected chi connectivity index (χ1v) is 9.20. The van der Waals surface area contributed by atoms with Crippen molar-refractivity contribution >= 4 is 23.8 Å². The number of amides is 2. The Labute approximate surface area is 130 Å². The van der Waals surface area contributed by atoms with Crippen molar-refractivity contribution in [1.29, 1.82) is 0 Å². The maximum absolute atomic E-state index is 12.0. The Morgan fingerprint density at radius 2 is 1.38 bits per heavy atom. The van der Waals surface area contributed by atoms with Crippen LogP contribution in [0.15, 0.2) is 0 Å². The Bertz CT molecular complexity index is 362. The monoisotopic (exact) mass is 314 g/mol. The molecule has 0 aromatic heterocycles. The zero-order valence-electron chi connectivity index (χ0n) is 12.6. The Morgan fingerprint density at radius 1 is 0.905 bits per heavy atom. The van der Waals surface area contributed by atoms with Crippen molar-refractivity contribution in [2.45, 2.75) is 68.7 Å². The SMILES string of the molecule is CSC1CCC(NC(=O)NC2CCC(C(=O)O)CC2)CC1. The van der Waals surface area contributed by atoms with E-state index in [1.165, 1.54) is 12.8 Å². The molecule has 0 aromatic carbocycles. The van der Waals surface area contributed by atoms with Gasteiger partial charge in [0.1, 0.15) is 0 Å². The van der Waals surface area contributed by atoms with Crippen LogP contribution in [0, 0.1) is 5.92 Å². The maximum atomic E-state index is 12.0. The number of carboxylic acids is 1. The molecule has 5 nitrogen and oxygen atoms in total. The molecule has 0 spiro atoms. The van der Waals surface area contributed by atoms with E-state index in [4.69, 9.17) is 5.11 Å². The fraction of sp³-hybridized carbons (Fsp3) is 0.867. The number of hydrogen-bond donors (Lipinski definition) is 3. The second kappa shape index (κ2) is 7.92. The lowest BCUT2D eigenvalue weighted by molar-refractivity contribution is -0.142. The van der Waals surface area contributed by atoms with E-state index < -0.39 is 5.97 Å². The average Bonchev–Trinajstić information content (AvgIpc) is 2.48. The number of urea groups is 1. The molecule has 120 valence electrons. The molecule has 2 aliphatic rings. The summed E-state index contributed by atoms with van der Waals surface area (Å²) >= 11 is 1.92. The van der Waals surface area contributed by atoms with Crippen molar-refractivity contribution in [2.75, 3.05) is 6.26 Å². The molecular weight excluding hydrogens is 288 g/mol. The number of carbonyl (C=O) groups excluding carboxylic acids is 1. The molecule has 2 saturated carbocycles. The largest absolute Gasteiger partial charge is 0.481 e. The van der Waals surface area contributed by atoms with Gasteiger partial charge < -0.3 is 15.7 Å². The van der Waals surface area contributed by atoms with Crippen molar-refractivity contribution in [3.05, 3.63) is 0 Å². The van der Waals surface area contributed by atoms with Gasteiger partial charge in [0.25, 0.3) is 0 Å². The summed E-state index contributed by atoms with van der Waals surface area (Å²) in [6.45, 7) is 0. The van der Waals surface area contributed by atoms with Crippen LogP contribution in [-0.4, -0.2) is 40.7 Å². The Hall–Kier alpha value is -0.910. The second-order valence-electron chi connectivity index (χ2n) is 6.21. The summed E-state index contributed by atoms with van der Waals surface area (Å²) in [5.74, 6) is -0.934. The van der Waals surface area contributed by atoms with Gasteiger partial charge in [0, 0.05) is 17.3 Å². The van der Waals surface area contributed by atoms with Gasteiger partial charge >= 0.3 is 12.0 Å². The number of carbonyl (C=O) groups is 2. The third-order valence-electron chi connectivity index (χ3n) is 4.75. The minimum absolute atomic E-state index is 0.0821. The lowest BCUT2D eigenvalue weighted by Gasteiger charge is -2.30. The molecule has 0 bridgehead atoms. The highest BCUT2D eigenvalue weighted by atomic mass is 32.2. The van der Waals surface area contributed by atoms with Crippen LogP contribution in [-0.2, 0) is 4.79 Å². The molecule has 3 N–H and O–H groups in total. The van der Waals surface area contributed by atoms with Crippen molar-refractivity contribution in [2.24, 2.45) is 5.92 Å². The van der Waals surface area contributed by atoms with E-state index in [0.717, 1.165) is 30.9 Å². The third-order valence-corrected chi connectivity index (χ3v) is 5.89. The van der Waals surface area contributed by atoms with Crippen LogP contribution in [0.5, 0.6) is 0 Å².